The van der Waals surface area contributed by atoms with E-state index < -0.39 is 0 Å². The molecule has 1 aromatic heterocycles. The van der Waals surface area contributed by atoms with E-state index >= 15 is 0 Å². The number of fused-ring (bicyclic) bond motifs is 1. The lowest BCUT2D eigenvalue weighted by atomic mass is 9.88. The molecule has 0 amide bonds. The first-order valence-electron chi connectivity index (χ1n) is 6.53. The van der Waals surface area contributed by atoms with Crippen molar-refractivity contribution < 1.29 is 9.26 Å². The summed E-state index contributed by atoms with van der Waals surface area (Å²) in [5.41, 5.74) is 8.56. The van der Waals surface area contributed by atoms with Crippen molar-refractivity contribution in [3.8, 4) is 5.75 Å². The lowest BCUT2D eigenvalue weighted by Crippen LogP contribution is -2.18. The first kappa shape index (κ1) is 12.2. The average molecular weight is 259 g/mol. The van der Waals surface area contributed by atoms with Crippen LogP contribution in [0.1, 0.15) is 41.7 Å². The minimum Gasteiger partial charge on any atom is -0.485 e. The lowest BCUT2D eigenvalue weighted by molar-refractivity contribution is 0.281. The van der Waals surface area contributed by atoms with Gasteiger partial charge in [0.05, 0.1) is 0 Å². The van der Waals surface area contributed by atoms with Crippen molar-refractivity contribution in [2.75, 3.05) is 0 Å². The topological polar surface area (TPSA) is 74.2 Å². The number of hydrogen-bond acceptors (Lipinski definition) is 5. The van der Waals surface area contributed by atoms with E-state index in [1.54, 1.807) is 6.92 Å². The summed E-state index contributed by atoms with van der Waals surface area (Å²) in [6, 6.07) is 6.18. The van der Waals surface area contributed by atoms with Crippen LogP contribution in [0.3, 0.4) is 0 Å². The van der Waals surface area contributed by atoms with E-state index in [-0.39, 0.29) is 6.04 Å². The van der Waals surface area contributed by atoms with Gasteiger partial charge in [-0.1, -0.05) is 17.3 Å². The molecule has 1 aromatic carbocycles. The summed E-state index contributed by atoms with van der Waals surface area (Å²) in [5.74, 6) is 2.00. The SMILES string of the molecule is Cc1nc(COc2cccc3c2CCCC3N)no1. The van der Waals surface area contributed by atoms with Crippen molar-refractivity contribution in [2.45, 2.75) is 38.8 Å². The van der Waals surface area contributed by atoms with Crippen LogP contribution in [0.4, 0.5) is 0 Å². The van der Waals surface area contributed by atoms with Crippen molar-refractivity contribution >= 4 is 0 Å². The molecule has 1 heterocycles. The molecule has 0 fully saturated rings. The van der Waals surface area contributed by atoms with Crippen molar-refractivity contribution in [3.05, 3.63) is 41.0 Å². The summed E-state index contributed by atoms with van der Waals surface area (Å²) >= 11 is 0. The number of nitrogens with two attached hydrogens (primary N) is 1. The van der Waals surface area contributed by atoms with E-state index in [0.717, 1.165) is 25.0 Å². The zero-order valence-electron chi connectivity index (χ0n) is 10.9. The van der Waals surface area contributed by atoms with Crippen LogP contribution in [0, 0.1) is 6.92 Å². The normalized spacial score (nSPS) is 18.1. The molecule has 5 nitrogen and oxygen atoms in total. The maximum atomic E-state index is 6.13. The van der Waals surface area contributed by atoms with E-state index in [4.69, 9.17) is 15.0 Å². The molecule has 0 spiro atoms. The Bertz CT molecular complexity index is 580. The van der Waals surface area contributed by atoms with Gasteiger partial charge in [0, 0.05) is 13.0 Å². The maximum absolute atomic E-state index is 6.13. The van der Waals surface area contributed by atoms with Crippen LogP contribution in [-0.4, -0.2) is 10.1 Å². The third-order valence-corrected chi connectivity index (χ3v) is 3.44. The number of ether oxygens (including phenoxy) is 1. The van der Waals surface area contributed by atoms with Gasteiger partial charge in [0.1, 0.15) is 5.75 Å². The average Bonchev–Trinajstić information content (AvgIpc) is 2.83. The summed E-state index contributed by atoms with van der Waals surface area (Å²) in [5, 5.41) is 3.82. The van der Waals surface area contributed by atoms with Crippen molar-refractivity contribution in [1.82, 2.24) is 10.1 Å². The second-order valence-corrected chi connectivity index (χ2v) is 4.84. The second-order valence-electron chi connectivity index (χ2n) is 4.84. The van der Waals surface area contributed by atoms with Gasteiger partial charge in [-0.3, -0.25) is 0 Å². The van der Waals surface area contributed by atoms with Crippen LogP contribution in [0.25, 0.3) is 0 Å². The van der Waals surface area contributed by atoms with Gasteiger partial charge in [0.25, 0.3) is 0 Å². The molecular formula is C14H17N3O2. The van der Waals surface area contributed by atoms with Gasteiger partial charge >= 0.3 is 0 Å². The Kier molecular flexibility index (Phi) is 3.21. The van der Waals surface area contributed by atoms with Gasteiger partial charge in [-0.15, -0.1) is 0 Å². The highest BCUT2D eigenvalue weighted by Crippen LogP contribution is 2.34. The van der Waals surface area contributed by atoms with Crippen molar-refractivity contribution in [1.29, 1.82) is 0 Å². The standard InChI is InChI=1S/C14H17N3O2/c1-9-16-14(17-19-9)8-18-13-7-3-4-10-11(13)5-2-6-12(10)15/h3-4,7,12H,2,5-6,8,15H2,1H3. The Morgan fingerprint density at radius 2 is 2.37 bits per heavy atom. The smallest absolute Gasteiger partial charge is 0.223 e. The van der Waals surface area contributed by atoms with Crippen LogP contribution in [0.2, 0.25) is 0 Å². The number of hydrogen-bond donors (Lipinski definition) is 1. The maximum Gasteiger partial charge on any atom is 0.223 e. The molecule has 1 unspecified atom stereocenters. The minimum absolute atomic E-state index is 0.125. The predicted molar refractivity (Wildman–Crippen MR) is 69.7 cm³/mol. The van der Waals surface area contributed by atoms with Crippen LogP contribution in [0.5, 0.6) is 5.75 Å². The quantitative estimate of drug-likeness (QED) is 0.915. The van der Waals surface area contributed by atoms with E-state index in [1.807, 2.05) is 12.1 Å². The van der Waals surface area contributed by atoms with Gasteiger partial charge in [-0.25, -0.2) is 0 Å². The Morgan fingerprint density at radius 1 is 1.47 bits per heavy atom. The van der Waals surface area contributed by atoms with Crippen LogP contribution in [-0.2, 0) is 13.0 Å². The largest absolute Gasteiger partial charge is 0.485 e. The summed E-state index contributed by atoms with van der Waals surface area (Å²) in [4.78, 5) is 4.13. The second kappa shape index (κ2) is 5.01. The highest BCUT2D eigenvalue weighted by atomic mass is 16.5. The van der Waals surface area contributed by atoms with Gasteiger partial charge in [-0.05, 0) is 36.5 Å². The molecule has 0 bridgehead atoms. The van der Waals surface area contributed by atoms with Gasteiger partial charge in [0.2, 0.25) is 11.7 Å². The number of aromatic nitrogens is 2. The number of aryl methyl sites for hydroxylation is 1. The Hall–Kier alpha value is -1.88. The summed E-state index contributed by atoms with van der Waals surface area (Å²) in [7, 11) is 0. The molecule has 0 aliphatic heterocycles. The molecule has 1 atom stereocenters. The molecule has 2 N–H and O–H groups in total. The number of nitrogens with zero attached hydrogens (tertiary/aromatic N) is 2. The Labute approximate surface area is 111 Å². The van der Waals surface area contributed by atoms with Gasteiger partial charge in [0.15, 0.2) is 6.61 Å². The van der Waals surface area contributed by atoms with Crippen LogP contribution in [0.15, 0.2) is 22.7 Å². The lowest BCUT2D eigenvalue weighted by Gasteiger charge is -2.24. The fraction of sp³-hybridized carbons (Fsp3) is 0.429. The van der Waals surface area contributed by atoms with E-state index in [1.165, 1.54) is 11.1 Å². The molecule has 1 aliphatic rings. The molecule has 3 rings (SSSR count). The summed E-state index contributed by atoms with van der Waals surface area (Å²) in [6.07, 6.45) is 3.17. The van der Waals surface area contributed by atoms with Crippen LogP contribution < -0.4 is 10.5 Å². The van der Waals surface area contributed by atoms with Crippen molar-refractivity contribution in [3.63, 3.8) is 0 Å². The Morgan fingerprint density at radius 3 is 3.16 bits per heavy atom. The molecule has 19 heavy (non-hydrogen) atoms. The molecule has 0 saturated carbocycles. The molecule has 0 saturated heterocycles. The third-order valence-electron chi connectivity index (χ3n) is 3.44. The predicted octanol–water partition coefficient (Wildman–Crippen LogP) is 2.29. The zero-order valence-corrected chi connectivity index (χ0v) is 10.9. The Balaban J connectivity index is 1.79. The number of rotatable bonds is 3. The van der Waals surface area contributed by atoms with Crippen LogP contribution >= 0.6 is 0 Å². The molecule has 100 valence electrons. The van der Waals surface area contributed by atoms with E-state index in [9.17, 15) is 0 Å². The van der Waals surface area contributed by atoms with Gasteiger partial charge in [-0.2, -0.15) is 4.98 Å². The molecular weight excluding hydrogens is 242 g/mol. The molecule has 0 radical (unpaired) electrons. The third kappa shape index (κ3) is 2.46. The highest BCUT2D eigenvalue weighted by molar-refractivity contribution is 5.43. The zero-order chi connectivity index (χ0) is 13.2. The summed E-state index contributed by atoms with van der Waals surface area (Å²) in [6.45, 7) is 2.09. The highest BCUT2D eigenvalue weighted by Gasteiger charge is 2.20. The molecule has 5 heteroatoms. The molecule has 1 aliphatic carbocycles. The first-order chi connectivity index (χ1) is 9.24. The minimum atomic E-state index is 0.125. The molecule has 2 aromatic rings. The fourth-order valence-corrected chi connectivity index (χ4v) is 2.53. The van der Waals surface area contributed by atoms with E-state index in [0.29, 0.717) is 18.3 Å². The monoisotopic (exact) mass is 259 g/mol. The fourth-order valence-electron chi connectivity index (χ4n) is 2.53. The summed E-state index contributed by atoms with van der Waals surface area (Å²) < 4.78 is 10.7. The van der Waals surface area contributed by atoms with E-state index in [2.05, 4.69) is 16.2 Å². The first-order valence-corrected chi connectivity index (χ1v) is 6.53. The number of benzene rings is 1. The van der Waals surface area contributed by atoms with Crippen molar-refractivity contribution in [2.24, 2.45) is 5.73 Å². The van der Waals surface area contributed by atoms with Gasteiger partial charge < -0.3 is 15.0 Å².